The fraction of sp³-hybridized carbons (Fsp3) is 0.842. The standard InChI is InChI=1S/C19H36O2/c1-3-5-7-9-10-11-12-14-16-18(17-19(20)21)15-13-8-6-4-2/h17H,3-16H2,1-2H3,(H,20,21). The third-order valence-corrected chi connectivity index (χ3v) is 4.03. The number of carbonyl (C=O) groups is 1. The quantitative estimate of drug-likeness (QED) is 0.277. The van der Waals surface area contributed by atoms with Crippen molar-refractivity contribution in [3.05, 3.63) is 11.6 Å². The van der Waals surface area contributed by atoms with Gasteiger partial charge in [0.2, 0.25) is 0 Å². The summed E-state index contributed by atoms with van der Waals surface area (Å²) in [6.07, 6.45) is 18.7. The zero-order valence-electron chi connectivity index (χ0n) is 14.3. The molecule has 0 saturated carbocycles. The van der Waals surface area contributed by atoms with Crippen molar-refractivity contribution in [1.29, 1.82) is 0 Å². The molecule has 0 rings (SSSR count). The van der Waals surface area contributed by atoms with Crippen molar-refractivity contribution >= 4 is 5.97 Å². The largest absolute Gasteiger partial charge is 0.478 e. The van der Waals surface area contributed by atoms with E-state index in [1.54, 1.807) is 0 Å². The van der Waals surface area contributed by atoms with Crippen LogP contribution in [0, 0.1) is 0 Å². The van der Waals surface area contributed by atoms with Crippen LogP contribution in [0.3, 0.4) is 0 Å². The zero-order valence-corrected chi connectivity index (χ0v) is 14.3. The predicted octanol–water partition coefficient (Wildman–Crippen LogP) is 6.50. The van der Waals surface area contributed by atoms with Crippen molar-refractivity contribution < 1.29 is 9.90 Å². The van der Waals surface area contributed by atoms with Crippen LogP contribution in [0.4, 0.5) is 0 Å². The Balaban J connectivity index is 3.69. The molecule has 0 bridgehead atoms. The third-order valence-electron chi connectivity index (χ3n) is 4.03. The van der Waals surface area contributed by atoms with Crippen LogP contribution in [0.15, 0.2) is 11.6 Å². The van der Waals surface area contributed by atoms with Gasteiger partial charge in [-0.1, -0.05) is 83.6 Å². The Hall–Kier alpha value is -0.790. The van der Waals surface area contributed by atoms with Gasteiger partial charge in [0, 0.05) is 6.08 Å². The summed E-state index contributed by atoms with van der Waals surface area (Å²) in [4.78, 5) is 10.9. The minimum atomic E-state index is -0.778. The highest BCUT2D eigenvalue weighted by molar-refractivity contribution is 5.80. The second-order valence-electron chi connectivity index (χ2n) is 6.18. The Kier molecular flexibility index (Phi) is 15.0. The van der Waals surface area contributed by atoms with Crippen molar-refractivity contribution in [2.45, 2.75) is 104 Å². The molecule has 0 aliphatic heterocycles. The first-order valence-corrected chi connectivity index (χ1v) is 9.13. The van der Waals surface area contributed by atoms with E-state index in [0.29, 0.717) is 0 Å². The first-order chi connectivity index (χ1) is 10.2. The Morgan fingerprint density at radius 2 is 1.10 bits per heavy atom. The summed E-state index contributed by atoms with van der Waals surface area (Å²) in [5.41, 5.74) is 1.14. The second-order valence-corrected chi connectivity index (χ2v) is 6.18. The first kappa shape index (κ1) is 20.2. The maximum absolute atomic E-state index is 10.9. The Labute approximate surface area is 132 Å². The molecule has 0 spiro atoms. The Bertz CT molecular complexity index is 269. The summed E-state index contributed by atoms with van der Waals surface area (Å²) in [6.45, 7) is 4.45. The van der Waals surface area contributed by atoms with Gasteiger partial charge in [0.1, 0.15) is 0 Å². The number of carboxylic acids is 1. The van der Waals surface area contributed by atoms with Gasteiger partial charge >= 0.3 is 5.97 Å². The highest BCUT2D eigenvalue weighted by Gasteiger charge is 2.02. The van der Waals surface area contributed by atoms with Crippen molar-refractivity contribution in [3.8, 4) is 0 Å². The molecule has 0 aliphatic rings. The number of rotatable bonds is 15. The molecule has 0 fully saturated rings. The lowest BCUT2D eigenvalue weighted by Gasteiger charge is -2.07. The van der Waals surface area contributed by atoms with Crippen LogP contribution in [-0.2, 0) is 4.79 Å². The van der Waals surface area contributed by atoms with Crippen molar-refractivity contribution in [2.24, 2.45) is 0 Å². The molecule has 0 aromatic heterocycles. The lowest BCUT2D eigenvalue weighted by Crippen LogP contribution is -1.94. The molecule has 124 valence electrons. The van der Waals surface area contributed by atoms with Gasteiger partial charge < -0.3 is 5.11 Å². The highest BCUT2D eigenvalue weighted by Crippen LogP contribution is 2.18. The molecule has 0 saturated heterocycles. The van der Waals surface area contributed by atoms with E-state index >= 15 is 0 Å². The fourth-order valence-corrected chi connectivity index (χ4v) is 2.71. The first-order valence-electron chi connectivity index (χ1n) is 9.13. The lowest BCUT2D eigenvalue weighted by molar-refractivity contribution is -0.131. The van der Waals surface area contributed by atoms with E-state index in [1.807, 2.05) is 0 Å². The minimum absolute atomic E-state index is 0.778. The van der Waals surface area contributed by atoms with Crippen molar-refractivity contribution in [1.82, 2.24) is 0 Å². The van der Waals surface area contributed by atoms with E-state index in [1.165, 1.54) is 70.3 Å². The summed E-state index contributed by atoms with van der Waals surface area (Å²) in [5, 5.41) is 8.93. The summed E-state index contributed by atoms with van der Waals surface area (Å²) in [7, 11) is 0. The Morgan fingerprint density at radius 1 is 0.714 bits per heavy atom. The molecule has 2 nitrogen and oxygen atoms in total. The van der Waals surface area contributed by atoms with Gasteiger partial charge in [0.25, 0.3) is 0 Å². The number of carboxylic acid groups (broad SMARTS) is 1. The number of unbranched alkanes of at least 4 members (excludes halogenated alkanes) is 10. The number of hydrogen-bond donors (Lipinski definition) is 1. The van der Waals surface area contributed by atoms with Crippen LogP contribution >= 0.6 is 0 Å². The van der Waals surface area contributed by atoms with Gasteiger partial charge in [-0.2, -0.15) is 0 Å². The van der Waals surface area contributed by atoms with Gasteiger partial charge in [-0.3, -0.25) is 0 Å². The Morgan fingerprint density at radius 3 is 1.52 bits per heavy atom. The van der Waals surface area contributed by atoms with E-state index in [9.17, 15) is 4.79 Å². The van der Waals surface area contributed by atoms with Gasteiger partial charge in [0.05, 0.1) is 0 Å². The van der Waals surface area contributed by atoms with Crippen LogP contribution in [0.5, 0.6) is 0 Å². The van der Waals surface area contributed by atoms with E-state index < -0.39 is 5.97 Å². The molecule has 21 heavy (non-hydrogen) atoms. The number of allylic oxidation sites excluding steroid dienone is 1. The molecule has 0 amide bonds. The molecule has 2 heteroatoms. The average Bonchev–Trinajstić information content (AvgIpc) is 2.45. The van der Waals surface area contributed by atoms with Crippen LogP contribution in [0.2, 0.25) is 0 Å². The second kappa shape index (κ2) is 15.6. The summed E-state index contributed by atoms with van der Waals surface area (Å²) < 4.78 is 0. The molecule has 0 atom stereocenters. The molecule has 0 heterocycles. The van der Waals surface area contributed by atoms with Gasteiger partial charge in [-0.25, -0.2) is 4.79 Å². The molecule has 0 unspecified atom stereocenters. The molecule has 0 aromatic rings. The van der Waals surface area contributed by atoms with Crippen molar-refractivity contribution in [3.63, 3.8) is 0 Å². The van der Waals surface area contributed by atoms with Crippen LogP contribution in [0.1, 0.15) is 104 Å². The summed E-state index contributed by atoms with van der Waals surface area (Å²) in [6, 6.07) is 0. The van der Waals surface area contributed by atoms with E-state index in [-0.39, 0.29) is 0 Å². The molecule has 0 aliphatic carbocycles. The number of aliphatic carboxylic acids is 1. The normalized spacial score (nSPS) is 11.8. The molecule has 0 aromatic carbocycles. The lowest BCUT2D eigenvalue weighted by atomic mass is 9.99. The predicted molar refractivity (Wildman–Crippen MR) is 91.7 cm³/mol. The molecular formula is C19H36O2. The number of hydrogen-bond acceptors (Lipinski definition) is 1. The van der Waals surface area contributed by atoms with E-state index in [0.717, 1.165) is 31.3 Å². The van der Waals surface area contributed by atoms with E-state index in [4.69, 9.17) is 5.11 Å². The topological polar surface area (TPSA) is 37.3 Å². The van der Waals surface area contributed by atoms with Gasteiger partial charge in [-0.15, -0.1) is 0 Å². The highest BCUT2D eigenvalue weighted by atomic mass is 16.4. The third kappa shape index (κ3) is 15.4. The zero-order chi connectivity index (χ0) is 15.8. The van der Waals surface area contributed by atoms with Crippen molar-refractivity contribution in [2.75, 3.05) is 0 Å². The van der Waals surface area contributed by atoms with Crippen LogP contribution < -0.4 is 0 Å². The molecule has 1 N–H and O–H groups in total. The minimum Gasteiger partial charge on any atom is -0.478 e. The van der Waals surface area contributed by atoms with Crippen LogP contribution in [-0.4, -0.2) is 11.1 Å². The SMILES string of the molecule is CCCCCCCCCCC(=CC(=O)O)CCCCCC. The molecule has 0 radical (unpaired) electrons. The fourth-order valence-electron chi connectivity index (χ4n) is 2.71. The molecular weight excluding hydrogens is 260 g/mol. The van der Waals surface area contributed by atoms with Crippen LogP contribution in [0.25, 0.3) is 0 Å². The maximum atomic E-state index is 10.9. The summed E-state index contributed by atoms with van der Waals surface area (Å²) in [5.74, 6) is -0.778. The van der Waals surface area contributed by atoms with Gasteiger partial charge in [0.15, 0.2) is 0 Å². The smallest absolute Gasteiger partial charge is 0.328 e. The maximum Gasteiger partial charge on any atom is 0.328 e. The average molecular weight is 296 g/mol. The van der Waals surface area contributed by atoms with E-state index in [2.05, 4.69) is 13.8 Å². The van der Waals surface area contributed by atoms with Gasteiger partial charge in [-0.05, 0) is 25.7 Å². The summed E-state index contributed by atoms with van der Waals surface area (Å²) >= 11 is 0. The monoisotopic (exact) mass is 296 g/mol.